The van der Waals surface area contributed by atoms with Crippen LogP contribution in [0.3, 0.4) is 0 Å². The number of esters is 1. The zero-order valence-corrected chi connectivity index (χ0v) is 9.77. The average Bonchev–Trinajstić information content (AvgIpc) is 2.16. The highest BCUT2D eigenvalue weighted by molar-refractivity contribution is 5.68. The van der Waals surface area contributed by atoms with Gasteiger partial charge in [-0.3, -0.25) is 4.79 Å². The summed E-state index contributed by atoms with van der Waals surface area (Å²) >= 11 is 0. The van der Waals surface area contributed by atoms with Crippen molar-refractivity contribution in [3.8, 4) is 0 Å². The molecule has 4 heteroatoms. The first-order valence-corrected chi connectivity index (χ1v) is 5.40. The lowest BCUT2D eigenvalue weighted by Crippen LogP contribution is -2.27. The summed E-state index contributed by atoms with van der Waals surface area (Å²) in [6.45, 7) is 3.98. The quantitative estimate of drug-likeness (QED) is 0.628. The van der Waals surface area contributed by atoms with Gasteiger partial charge in [-0.25, -0.2) is 0 Å². The molecule has 0 unspecified atom stereocenters. The molecule has 4 nitrogen and oxygen atoms in total. The first-order chi connectivity index (χ1) is 6.97. The SMILES string of the molecule is COC(=O)CCC[C@@H](O)[C@@H](O)CC(C)C. The molecule has 0 aliphatic carbocycles. The highest BCUT2D eigenvalue weighted by atomic mass is 16.5. The molecule has 0 heterocycles. The molecule has 0 bridgehead atoms. The molecular weight excluding hydrogens is 196 g/mol. The zero-order valence-electron chi connectivity index (χ0n) is 9.77. The van der Waals surface area contributed by atoms with Gasteiger partial charge in [0.2, 0.25) is 0 Å². The Bertz CT molecular complexity index is 179. The maximum absolute atomic E-state index is 10.8. The Kier molecular flexibility index (Phi) is 7.34. The van der Waals surface area contributed by atoms with Crippen LogP contribution in [0.4, 0.5) is 0 Å². The van der Waals surface area contributed by atoms with Crippen molar-refractivity contribution in [2.45, 2.75) is 51.7 Å². The molecule has 0 fully saturated rings. The fraction of sp³-hybridized carbons (Fsp3) is 0.909. The van der Waals surface area contributed by atoms with Crippen LogP contribution in [0.2, 0.25) is 0 Å². The summed E-state index contributed by atoms with van der Waals surface area (Å²) in [7, 11) is 1.34. The Hall–Kier alpha value is -0.610. The summed E-state index contributed by atoms with van der Waals surface area (Å²) in [5.41, 5.74) is 0. The lowest BCUT2D eigenvalue weighted by Gasteiger charge is -2.19. The Morgan fingerprint density at radius 3 is 2.33 bits per heavy atom. The van der Waals surface area contributed by atoms with Crippen LogP contribution in [-0.4, -0.2) is 35.5 Å². The molecule has 0 aromatic carbocycles. The lowest BCUT2D eigenvalue weighted by molar-refractivity contribution is -0.140. The van der Waals surface area contributed by atoms with Crippen LogP contribution in [0.1, 0.15) is 39.5 Å². The van der Waals surface area contributed by atoms with E-state index in [1.165, 1.54) is 7.11 Å². The van der Waals surface area contributed by atoms with Crippen molar-refractivity contribution in [1.82, 2.24) is 0 Å². The second kappa shape index (κ2) is 7.65. The van der Waals surface area contributed by atoms with Crippen molar-refractivity contribution in [2.75, 3.05) is 7.11 Å². The van der Waals surface area contributed by atoms with E-state index in [4.69, 9.17) is 0 Å². The van der Waals surface area contributed by atoms with Crippen molar-refractivity contribution in [1.29, 1.82) is 0 Å². The van der Waals surface area contributed by atoms with Crippen LogP contribution in [0.15, 0.2) is 0 Å². The van der Waals surface area contributed by atoms with E-state index >= 15 is 0 Å². The maximum atomic E-state index is 10.8. The van der Waals surface area contributed by atoms with E-state index in [0.717, 1.165) is 0 Å². The van der Waals surface area contributed by atoms with Crippen LogP contribution >= 0.6 is 0 Å². The fourth-order valence-electron chi connectivity index (χ4n) is 1.39. The van der Waals surface area contributed by atoms with E-state index in [9.17, 15) is 15.0 Å². The zero-order chi connectivity index (χ0) is 11.8. The van der Waals surface area contributed by atoms with Gasteiger partial charge in [0.25, 0.3) is 0 Å². The van der Waals surface area contributed by atoms with Crippen molar-refractivity contribution in [3.63, 3.8) is 0 Å². The Morgan fingerprint density at radius 1 is 1.27 bits per heavy atom. The highest BCUT2D eigenvalue weighted by Crippen LogP contribution is 2.12. The molecule has 0 aliphatic rings. The van der Waals surface area contributed by atoms with Crippen LogP contribution < -0.4 is 0 Å². The molecule has 2 N–H and O–H groups in total. The normalized spacial score (nSPS) is 15.1. The van der Waals surface area contributed by atoms with Gasteiger partial charge in [-0.05, 0) is 25.2 Å². The fourth-order valence-corrected chi connectivity index (χ4v) is 1.39. The van der Waals surface area contributed by atoms with Crippen molar-refractivity contribution < 1.29 is 19.7 Å². The van der Waals surface area contributed by atoms with Gasteiger partial charge in [0, 0.05) is 6.42 Å². The molecule has 0 spiro atoms. The van der Waals surface area contributed by atoms with Crippen LogP contribution in [0.25, 0.3) is 0 Å². The summed E-state index contributed by atoms with van der Waals surface area (Å²) in [6, 6.07) is 0. The van der Waals surface area contributed by atoms with Gasteiger partial charge in [-0.15, -0.1) is 0 Å². The Labute approximate surface area is 91.3 Å². The standard InChI is InChI=1S/C11H22O4/c1-8(2)7-10(13)9(12)5-4-6-11(14)15-3/h8-10,12-13H,4-7H2,1-3H3/t9-,10+/m1/s1. The predicted octanol–water partition coefficient (Wildman–Crippen LogP) is 1.10. The smallest absolute Gasteiger partial charge is 0.305 e. The minimum Gasteiger partial charge on any atom is -0.469 e. The molecule has 0 aromatic rings. The molecule has 15 heavy (non-hydrogen) atoms. The molecule has 0 saturated heterocycles. The number of rotatable bonds is 7. The Morgan fingerprint density at radius 2 is 1.87 bits per heavy atom. The number of hydrogen-bond acceptors (Lipinski definition) is 4. The number of carbonyl (C=O) groups excluding carboxylic acids is 1. The molecule has 0 aliphatic heterocycles. The number of carbonyl (C=O) groups is 1. The molecule has 2 atom stereocenters. The summed E-state index contributed by atoms with van der Waals surface area (Å²) < 4.78 is 4.47. The first kappa shape index (κ1) is 14.4. The van der Waals surface area contributed by atoms with Gasteiger partial charge >= 0.3 is 5.97 Å². The van der Waals surface area contributed by atoms with Crippen LogP contribution in [0, 0.1) is 5.92 Å². The van der Waals surface area contributed by atoms with Crippen LogP contribution in [-0.2, 0) is 9.53 Å². The third-order valence-electron chi connectivity index (χ3n) is 2.27. The van der Waals surface area contributed by atoms with Crippen molar-refractivity contribution in [2.24, 2.45) is 5.92 Å². The minimum atomic E-state index is -0.739. The van der Waals surface area contributed by atoms with Crippen LogP contribution in [0.5, 0.6) is 0 Å². The number of hydrogen-bond donors (Lipinski definition) is 2. The molecule has 0 radical (unpaired) electrons. The topological polar surface area (TPSA) is 66.8 Å². The molecule has 90 valence electrons. The largest absolute Gasteiger partial charge is 0.469 e. The van der Waals surface area contributed by atoms with E-state index in [0.29, 0.717) is 31.6 Å². The van der Waals surface area contributed by atoms with Gasteiger partial charge in [0.15, 0.2) is 0 Å². The van der Waals surface area contributed by atoms with Crippen molar-refractivity contribution in [3.05, 3.63) is 0 Å². The average molecular weight is 218 g/mol. The van der Waals surface area contributed by atoms with E-state index in [2.05, 4.69) is 4.74 Å². The number of methoxy groups -OCH3 is 1. The minimum absolute atomic E-state index is 0.277. The summed E-state index contributed by atoms with van der Waals surface area (Å²) in [4.78, 5) is 10.8. The first-order valence-electron chi connectivity index (χ1n) is 5.40. The maximum Gasteiger partial charge on any atom is 0.305 e. The number of aliphatic hydroxyl groups excluding tert-OH is 2. The van der Waals surface area contributed by atoms with E-state index in [1.54, 1.807) is 0 Å². The van der Waals surface area contributed by atoms with Gasteiger partial charge in [0.05, 0.1) is 19.3 Å². The van der Waals surface area contributed by atoms with Crippen molar-refractivity contribution >= 4 is 5.97 Å². The third kappa shape index (κ3) is 7.33. The second-order valence-corrected chi connectivity index (χ2v) is 4.23. The molecule has 0 rings (SSSR count). The molecule has 0 aromatic heterocycles. The van der Waals surface area contributed by atoms with Gasteiger partial charge in [0.1, 0.15) is 0 Å². The summed E-state index contributed by atoms with van der Waals surface area (Å²) in [5, 5.41) is 19.1. The lowest BCUT2D eigenvalue weighted by atomic mass is 9.98. The monoisotopic (exact) mass is 218 g/mol. The molecule has 0 saturated carbocycles. The van der Waals surface area contributed by atoms with Gasteiger partial charge in [-0.2, -0.15) is 0 Å². The van der Waals surface area contributed by atoms with E-state index in [-0.39, 0.29) is 5.97 Å². The second-order valence-electron chi connectivity index (χ2n) is 4.23. The summed E-state index contributed by atoms with van der Waals surface area (Å²) in [6.07, 6.45) is 0.424. The van der Waals surface area contributed by atoms with E-state index < -0.39 is 12.2 Å². The number of ether oxygens (including phenoxy) is 1. The predicted molar refractivity (Wildman–Crippen MR) is 57.3 cm³/mol. The third-order valence-corrected chi connectivity index (χ3v) is 2.27. The molecule has 0 amide bonds. The number of aliphatic hydroxyl groups is 2. The van der Waals surface area contributed by atoms with E-state index in [1.807, 2.05) is 13.8 Å². The van der Waals surface area contributed by atoms with Gasteiger partial charge < -0.3 is 14.9 Å². The Balaban J connectivity index is 3.63. The van der Waals surface area contributed by atoms with Gasteiger partial charge in [-0.1, -0.05) is 13.8 Å². The molecular formula is C11H22O4. The summed E-state index contributed by atoms with van der Waals surface area (Å²) in [5.74, 6) is 0.0795. The highest BCUT2D eigenvalue weighted by Gasteiger charge is 2.17.